The molecule has 4 aromatic carbocycles. The van der Waals surface area contributed by atoms with Crippen LogP contribution in [0.4, 0.5) is 0 Å². The van der Waals surface area contributed by atoms with Crippen molar-refractivity contribution >= 4 is 45.4 Å². The molecule has 0 radical (unpaired) electrons. The van der Waals surface area contributed by atoms with Gasteiger partial charge in [0.25, 0.3) is 5.56 Å². The molecule has 0 unspecified atom stereocenters. The summed E-state index contributed by atoms with van der Waals surface area (Å²) in [4.78, 5) is 18.3. The van der Waals surface area contributed by atoms with Crippen molar-refractivity contribution in [3.8, 4) is 5.69 Å². The van der Waals surface area contributed by atoms with E-state index < -0.39 is 0 Å². The van der Waals surface area contributed by atoms with E-state index in [1.54, 1.807) is 4.57 Å². The van der Waals surface area contributed by atoms with Crippen LogP contribution in [0.1, 0.15) is 11.4 Å². The van der Waals surface area contributed by atoms with Crippen molar-refractivity contribution in [2.45, 2.75) is 0 Å². The van der Waals surface area contributed by atoms with E-state index in [1.807, 2.05) is 103 Å². The van der Waals surface area contributed by atoms with Crippen molar-refractivity contribution in [2.24, 2.45) is 0 Å². The molecule has 0 aliphatic carbocycles. The lowest BCUT2D eigenvalue weighted by Gasteiger charge is -2.14. The zero-order chi connectivity index (χ0) is 20.5. The number of hydrogen-bond acceptors (Lipinski definition) is 2. The molecule has 0 aliphatic rings. The fourth-order valence-electron chi connectivity index (χ4n) is 3.67. The first kappa shape index (κ1) is 18.3. The Morgan fingerprint density at radius 1 is 0.733 bits per heavy atom. The third kappa shape index (κ3) is 3.19. The smallest absolute Gasteiger partial charge is 0.266 e. The summed E-state index contributed by atoms with van der Waals surface area (Å²) < 4.78 is 1.68. The Hall–Kier alpha value is -3.69. The standard InChI is InChI=1S/C26H17ClN2O/c27-22-13-5-2-9-19(22)16-17-25-28-23-14-6-4-12-21(23)26(30)29(25)24-15-7-10-18-8-1-3-11-20(18)24/h1-17H. The van der Waals surface area contributed by atoms with Crippen molar-refractivity contribution in [3.63, 3.8) is 0 Å². The number of aromatic nitrogens is 2. The number of halogens is 1. The first-order valence-electron chi connectivity index (χ1n) is 9.65. The maximum absolute atomic E-state index is 13.5. The largest absolute Gasteiger partial charge is 0.268 e. The van der Waals surface area contributed by atoms with Crippen LogP contribution in [0, 0.1) is 0 Å². The predicted octanol–water partition coefficient (Wildman–Crippen LogP) is 6.36. The van der Waals surface area contributed by atoms with E-state index in [9.17, 15) is 4.79 Å². The lowest BCUT2D eigenvalue weighted by molar-refractivity contribution is 0.952. The molecule has 0 amide bonds. The molecule has 30 heavy (non-hydrogen) atoms. The Kier molecular flexibility index (Phi) is 4.66. The molecule has 0 atom stereocenters. The van der Waals surface area contributed by atoms with Crippen LogP contribution in [0.5, 0.6) is 0 Å². The number of nitrogens with zero attached hydrogens (tertiary/aromatic N) is 2. The number of fused-ring (bicyclic) bond motifs is 2. The van der Waals surface area contributed by atoms with Crippen molar-refractivity contribution in [1.82, 2.24) is 9.55 Å². The van der Waals surface area contributed by atoms with Gasteiger partial charge < -0.3 is 0 Å². The molecule has 0 N–H and O–H groups in total. The molecular formula is C26H17ClN2O. The highest BCUT2D eigenvalue weighted by Gasteiger charge is 2.13. The Balaban J connectivity index is 1.82. The van der Waals surface area contributed by atoms with E-state index in [-0.39, 0.29) is 5.56 Å². The molecule has 0 aliphatic heterocycles. The topological polar surface area (TPSA) is 34.9 Å². The van der Waals surface area contributed by atoms with E-state index in [2.05, 4.69) is 0 Å². The SMILES string of the molecule is O=c1c2ccccc2nc(C=Cc2ccccc2Cl)n1-c1cccc2ccccc12. The molecule has 5 aromatic rings. The van der Waals surface area contributed by atoms with Crippen LogP contribution in [0.2, 0.25) is 5.02 Å². The van der Waals surface area contributed by atoms with Gasteiger partial charge in [0.1, 0.15) is 5.82 Å². The van der Waals surface area contributed by atoms with Gasteiger partial charge >= 0.3 is 0 Å². The fraction of sp³-hybridized carbons (Fsp3) is 0. The molecule has 1 heterocycles. The van der Waals surface area contributed by atoms with Crippen molar-refractivity contribution in [3.05, 3.63) is 118 Å². The van der Waals surface area contributed by atoms with Crippen molar-refractivity contribution in [2.75, 3.05) is 0 Å². The molecule has 0 saturated heterocycles. The van der Waals surface area contributed by atoms with Crippen LogP contribution in [0.25, 0.3) is 39.5 Å². The quantitative estimate of drug-likeness (QED) is 0.348. The summed E-state index contributed by atoms with van der Waals surface area (Å²) in [5.41, 5.74) is 2.23. The fourth-order valence-corrected chi connectivity index (χ4v) is 3.87. The van der Waals surface area contributed by atoms with Gasteiger partial charge in [0.15, 0.2) is 0 Å². The molecule has 1 aromatic heterocycles. The van der Waals surface area contributed by atoms with E-state index in [4.69, 9.17) is 16.6 Å². The summed E-state index contributed by atoms with van der Waals surface area (Å²) in [6.45, 7) is 0. The number of para-hydroxylation sites is 1. The average molecular weight is 409 g/mol. The van der Waals surface area contributed by atoms with E-state index in [0.717, 1.165) is 22.0 Å². The molecule has 0 fully saturated rings. The Morgan fingerprint density at radius 3 is 2.30 bits per heavy atom. The molecule has 5 rings (SSSR count). The van der Waals surface area contributed by atoms with Gasteiger partial charge in [-0.3, -0.25) is 9.36 Å². The molecule has 144 valence electrons. The minimum Gasteiger partial charge on any atom is -0.268 e. The third-order valence-corrected chi connectivity index (χ3v) is 5.47. The highest BCUT2D eigenvalue weighted by atomic mass is 35.5. The third-order valence-electron chi connectivity index (χ3n) is 5.13. The minimum atomic E-state index is -0.101. The van der Waals surface area contributed by atoms with Gasteiger partial charge in [-0.1, -0.05) is 78.3 Å². The van der Waals surface area contributed by atoms with Crippen LogP contribution in [0.15, 0.2) is 95.8 Å². The van der Waals surface area contributed by atoms with Crippen molar-refractivity contribution < 1.29 is 0 Å². The summed E-state index contributed by atoms with van der Waals surface area (Å²) in [6.07, 6.45) is 3.73. The molecule has 0 spiro atoms. The van der Waals surface area contributed by atoms with Gasteiger partial charge in [-0.25, -0.2) is 4.98 Å². The molecule has 0 saturated carbocycles. The number of rotatable bonds is 3. The van der Waals surface area contributed by atoms with Gasteiger partial charge in [0.2, 0.25) is 0 Å². The van der Waals surface area contributed by atoms with E-state index >= 15 is 0 Å². The van der Waals surface area contributed by atoms with Crippen LogP contribution < -0.4 is 5.56 Å². The zero-order valence-corrected chi connectivity index (χ0v) is 16.8. The summed E-state index contributed by atoms with van der Waals surface area (Å²) in [7, 11) is 0. The monoisotopic (exact) mass is 408 g/mol. The van der Waals surface area contributed by atoms with Crippen LogP contribution in [-0.2, 0) is 0 Å². The van der Waals surface area contributed by atoms with Crippen LogP contribution in [0.3, 0.4) is 0 Å². The second kappa shape index (κ2) is 7.62. The highest BCUT2D eigenvalue weighted by Crippen LogP contribution is 2.24. The lowest BCUT2D eigenvalue weighted by atomic mass is 10.1. The first-order valence-corrected chi connectivity index (χ1v) is 10.0. The maximum Gasteiger partial charge on any atom is 0.266 e. The summed E-state index contributed by atoms with van der Waals surface area (Å²) in [5, 5.41) is 3.29. The van der Waals surface area contributed by atoms with Crippen LogP contribution in [-0.4, -0.2) is 9.55 Å². The second-order valence-electron chi connectivity index (χ2n) is 6.98. The number of hydrogen-bond donors (Lipinski definition) is 0. The Bertz CT molecular complexity index is 1480. The average Bonchev–Trinajstić information content (AvgIpc) is 2.78. The van der Waals surface area contributed by atoms with Crippen molar-refractivity contribution in [1.29, 1.82) is 0 Å². The zero-order valence-electron chi connectivity index (χ0n) is 16.0. The molecule has 3 nitrogen and oxygen atoms in total. The summed E-state index contributed by atoms with van der Waals surface area (Å²) in [6, 6.07) is 29.0. The van der Waals surface area contributed by atoms with Gasteiger partial charge in [-0.15, -0.1) is 0 Å². The van der Waals surface area contributed by atoms with Gasteiger partial charge in [0.05, 0.1) is 16.6 Å². The Labute approximate surface area is 178 Å². The second-order valence-corrected chi connectivity index (χ2v) is 7.39. The lowest BCUT2D eigenvalue weighted by Crippen LogP contribution is -2.22. The normalized spacial score (nSPS) is 11.5. The van der Waals surface area contributed by atoms with Gasteiger partial charge in [-0.2, -0.15) is 0 Å². The maximum atomic E-state index is 13.5. The summed E-state index contributed by atoms with van der Waals surface area (Å²) in [5.74, 6) is 0.551. The predicted molar refractivity (Wildman–Crippen MR) is 125 cm³/mol. The Morgan fingerprint density at radius 2 is 1.43 bits per heavy atom. The van der Waals surface area contributed by atoms with E-state index in [0.29, 0.717) is 21.7 Å². The highest BCUT2D eigenvalue weighted by molar-refractivity contribution is 6.32. The first-order chi connectivity index (χ1) is 14.7. The number of benzene rings is 4. The molecular weight excluding hydrogens is 392 g/mol. The van der Waals surface area contributed by atoms with Gasteiger partial charge in [-0.05, 0) is 47.4 Å². The minimum absolute atomic E-state index is 0.101. The van der Waals surface area contributed by atoms with E-state index in [1.165, 1.54) is 0 Å². The van der Waals surface area contributed by atoms with Crippen LogP contribution >= 0.6 is 11.6 Å². The van der Waals surface area contributed by atoms with Gasteiger partial charge in [0, 0.05) is 10.4 Å². The molecule has 0 bridgehead atoms. The summed E-state index contributed by atoms with van der Waals surface area (Å²) >= 11 is 6.31. The molecule has 4 heteroatoms.